The SMILES string of the molecule is CC/C=C\C/C=C\C/C=C\C/C=C\C/C=C\CCCC(=O)OC(COC(=O)CCCCCCCCCCCCCCCCCCCCCC/C=C\C/C=C\C/C=C\C/C=C\CC)COP(=O)([O-])OCC[N+](C)(C)C. The molecule has 0 spiro atoms. The van der Waals surface area contributed by atoms with E-state index >= 15 is 0 Å². The lowest BCUT2D eigenvalue weighted by Crippen LogP contribution is -2.37. The number of rotatable bonds is 53. The van der Waals surface area contributed by atoms with Crippen molar-refractivity contribution in [2.75, 3.05) is 47.5 Å². The number of quaternary nitrogens is 1. The number of carbonyl (C=O) groups is 2. The number of esters is 2. The Morgan fingerprint density at radius 3 is 1.12 bits per heavy atom. The molecule has 0 saturated heterocycles. The van der Waals surface area contributed by atoms with Crippen LogP contribution in [0.2, 0.25) is 0 Å². The minimum atomic E-state index is -4.65. The van der Waals surface area contributed by atoms with Crippen molar-refractivity contribution in [2.45, 2.75) is 238 Å². The highest BCUT2D eigenvalue weighted by Crippen LogP contribution is 2.38. The zero-order valence-corrected chi connectivity index (χ0v) is 48.9. The Bertz CT molecular complexity index is 1620. The fraction of sp³-hybridized carbons (Fsp3) is 0.688. The van der Waals surface area contributed by atoms with Gasteiger partial charge in [0.25, 0.3) is 7.82 Å². The molecule has 0 aliphatic rings. The standard InChI is InChI=1S/C64H110NO8P/c1-6-8-10-12-14-16-18-20-22-24-25-26-27-28-29-30-31-32-33-34-35-36-37-38-39-41-42-44-46-48-50-52-54-56-63(66)70-60-62(61-72-74(68,69)71-59-58-65(3,4)5)73-64(67)57-55-53-51-49-47-45-43-40-23-21-19-17-15-13-11-9-7-2/h8-11,14-17,20-23,25-26,43,45,49,51,62H,6-7,12-13,18-19,24,27-42,44,46-48,50,52-61H2,1-5H3/b10-8-,11-9-,16-14-,17-15-,22-20-,23-21-,26-25-,45-43-,51-49-. The van der Waals surface area contributed by atoms with E-state index in [1.165, 1.54) is 116 Å². The number of unbranched alkanes of at least 4 members (excludes halogenated alkanes) is 21. The van der Waals surface area contributed by atoms with Gasteiger partial charge in [0.2, 0.25) is 0 Å². The molecule has 2 atom stereocenters. The third kappa shape index (κ3) is 57.9. The highest BCUT2D eigenvalue weighted by molar-refractivity contribution is 7.45. The molecule has 2 unspecified atom stereocenters. The van der Waals surface area contributed by atoms with Crippen LogP contribution < -0.4 is 4.89 Å². The zero-order valence-electron chi connectivity index (χ0n) is 48.0. The van der Waals surface area contributed by atoms with Crippen LogP contribution in [0.15, 0.2) is 109 Å². The van der Waals surface area contributed by atoms with E-state index in [1.807, 2.05) is 27.2 Å². The van der Waals surface area contributed by atoms with Crippen molar-refractivity contribution >= 4 is 19.8 Å². The van der Waals surface area contributed by atoms with Gasteiger partial charge in [0, 0.05) is 12.8 Å². The Morgan fingerprint density at radius 1 is 0.419 bits per heavy atom. The Labute approximate surface area is 455 Å². The lowest BCUT2D eigenvalue weighted by atomic mass is 10.0. The number of nitrogens with zero attached hydrogens (tertiary/aromatic N) is 1. The Kier molecular flexibility index (Phi) is 52.0. The summed E-state index contributed by atoms with van der Waals surface area (Å²) in [6, 6.07) is 0. The van der Waals surface area contributed by atoms with Crippen LogP contribution in [0.25, 0.3) is 0 Å². The summed E-state index contributed by atoms with van der Waals surface area (Å²) in [5, 5.41) is 0. The average molecular weight is 1050 g/mol. The van der Waals surface area contributed by atoms with Crippen LogP contribution in [0.3, 0.4) is 0 Å². The summed E-state index contributed by atoms with van der Waals surface area (Å²) in [6.07, 6.45) is 75.9. The maximum atomic E-state index is 12.7. The molecule has 0 saturated carbocycles. The molecule has 0 aromatic carbocycles. The fourth-order valence-corrected chi connectivity index (χ4v) is 8.53. The topological polar surface area (TPSA) is 111 Å². The second-order valence-corrected chi connectivity index (χ2v) is 22.0. The average Bonchev–Trinajstić information content (AvgIpc) is 3.36. The smallest absolute Gasteiger partial charge is 0.306 e. The van der Waals surface area contributed by atoms with Crippen LogP contribution in [-0.2, 0) is 32.7 Å². The van der Waals surface area contributed by atoms with Gasteiger partial charge in [-0.3, -0.25) is 14.2 Å². The van der Waals surface area contributed by atoms with E-state index in [9.17, 15) is 19.0 Å². The first kappa shape index (κ1) is 70.7. The molecular weight excluding hydrogens is 942 g/mol. The molecule has 0 aromatic rings. The number of hydrogen-bond acceptors (Lipinski definition) is 8. The Balaban J connectivity index is 4.08. The van der Waals surface area contributed by atoms with E-state index in [0.29, 0.717) is 23.9 Å². The van der Waals surface area contributed by atoms with E-state index in [2.05, 4.69) is 117 Å². The second kappa shape index (κ2) is 54.5. The summed E-state index contributed by atoms with van der Waals surface area (Å²) in [6.45, 7) is 3.94. The summed E-state index contributed by atoms with van der Waals surface area (Å²) >= 11 is 0. The third-order valence-corrected chi connectivity index (χ3v) is 13.3. The molecule has 0 aliphatic heterocycles. The number of hydrogen-bond donors (Lipinski definition) is 0. The van der Waals surface area contributed by atoms with Crippen LogP contribution in [0.1, 0.15) is 232 Å². The van der Waals surface area contributed by atoms with Gasteiger partial charge in [-0.15, -0.1) is 0 Å². The maximum Gasteiger partial charge on any atom is 0.306 e. The van der Waals surface area contributed by atoms with E-state index in [0.717, 1.165) is 77.0 Å². The van der Waals surface area contributed by atoms with Crippen LogP contribution in [0.4, 0.5) is 0 Å². The molecule has 0 rings (SSSR count). The first-order valence-electron chi connectivity index (χ1n) is 29.6. The Hall–Kier alpha value is -3.33. The van der Waals surface area contributed by atoms with E-state index in [4.69, 9.17) is 18.5 Å². The molecule has 0 amide bonds. The van der Waals surface area contributed by atoms with E-state index < -0.39 is 32.5 Å². The van der Waals surface area contributed by atoms with Gasteiger partial charge in [0.15, 0.2) is 6.10 Å². The molecule has 0 aromatic heterocycles. The van der Waals surface area contributed by atoms with E-state index in [-0.39, 0.29) is 26.1 Å². The van der Waals surface area contributed by atoms with Gasteiger partial charge >= 0.3 is 11.9 Å². The van der Waals surface area contributed by atoms with Crippen molar-refractivity contribution in [2.24, 2.45) is 0 Å². The van der Waals surface area contributed by atoms with Crippen molar-refractivity contribution in [3.63, 3.8) is 0 Å². The minimum Gasteiger partial charge on any atom is -0.756 e. The van der Waals surface area contributed by atoms with Gasteiger partial charge in [-0.1, -0.05) is 239 Å². The predicted molar refractivity (Wildman–Crippen MR) is 314 cm³/mol. The number of phosphoric acid groups is 1. The van der Waals surface area contributed by atoms with Gasteiger partial charge < -0.3 is 27.9 Å². The number of phosphoric ester groups is 1. The molecule has 0 heterocycles. The van der Waals surface area contributed by atoms with Crippen molar-refractivity contribution in [3.8, 4) is 0 Å². The van der Waals surface area contributed by atoms with E-state index in [1.54, 1.807) is 0 Å². The summed E-state index contributed by atoms with van der Waals surface area (Å²) in [7, 11) is 1.12. The van der Waals surface area contributed by atoms with Crippen LogP contribution in [0.5, 0.6) is 0 Å². The molecular formula is C64H110NO8P. The molecule has 0 aliphatic carbocycles. The van der Waals surface area contributed by atoms with Crippen LogP contribution >= 0.6 is 7.82 Å². The molecule has 0 fully saturated rings. The highest BCUT2D eigenvalue weighted by atomic mass is 31.2. The minimum absolute atomic E-state index is 0.0454. The summed E-state index contributed by atoms with van der Waals surface area (Å²) < 4.78 is 34.1. The molecule has 10 heteroatoms. The van der Waals surface area contributed by atoms with Crippen LogP contribution in [0, 0.1) is 0 Å². The summed E-state index contributed by atoms with van der Waals surface area (Å²) in [4.78, 5) is 37.8. The second-order valence-electron chi connectivity index (χ2n) is 20.6. The van der Waals surface area contributed by atoms with Crippen molar-refractivity contribution in [1.29, 1.82) is 0 Å². The normalized spacial score (nSPS) is 14.1. The van der Waals surface area contributed by atoms with Crippen molar-refractivity contribution in [1.82, 2.24) is 0 Å². The highest BCUT2D eigenvalue weighted by Gasteiger charge is 2.21. The van der Waals surface area contributed by atoms with Crippen molar-refractivity contribution in [3.05, 3.63) is 109 Å². The van der Waals surface area contributed by atoms with Gasteiger partial charge in [-0.2, -0.15) is 0 Å². The Morgan fingerprint density at radius 2 is 0.743 bits per heavy atom. The fourth-order valence-electron chi connectivity index (χ4n) is 7.80. The lowest BCUT2D eigenvalue weighted by molar-refractivity contribution is -0.870. The van der Waals surface area contributed by atoms with Crippen molar-refractivity contribution < 1.29 is 42.1 Å². The largest absolute Gasteiger partial charge is 0.756 e. The number of ether oxygens (including phenoxy) is 2. The van der Waals surface area contributed by atoms with Gasteiger partial charge in [-0.25, -0.2) is 0 Å². The zero-order chi connectivity index (χ0) is 54.2. The van der Waals surface area contributed by atoms with Gasteiger partial charge in [0.1, 0.15) is 19.8 Å². The first-order chi connectivity index (χ1) is 36.0. The number of allylic oxidation sites excluding steroid dienone is 18. The molecule has 424 valence electrons. The monoisotopic (exact) mass is 1050 g/mol. The van der Waals surface area contributed by atoms with Crippen LogP contribution in [-0.4, -0.2) is 70.0 Å². The predicted octanol–water partition coefficient (Wildman–Crippen LogP) is 18.0. The number of likely N-dealkylation sites (N-methyl/N-ethyl adjacent to an activating group) is 1. The molecule has 9 nitrogen and oxygen atoms in total. The maximum absolute atomic E-state index is 12.7. The lowest BCUT2D eigenvalue weighted by Gasteiger charge is -2.28. The quantitative estimate of drug-likeness (QED) is 0.0195. The molecule has 0 bridgehead atoms. The molecule has 74 heavy (non-hydrogen) atoms. The summed E-state index contributed by atoms with van der Waals surface area (Å²) in [5.74, 6) is -0.902. The summed E-state index contributed by atoms with van der Waals surface area (Å²) in [5.41, 5.74) is 0. The van der Waals surface area contributed by atoms with Gasteiger partial charge in [-0.05, 0) is 89.9 Å². The third-order valence-electron chi connectivity index (χ3n) is 12.3. The van der Waals surface area contributed by atoms with Gasteiger partial charge in [0.05, 0.1) is 27.7 Å². The number of carbonyl (C=O) groups excluding carboxylic acids is 2. The first-order valence-corrected chi connectivity index (χ1v) is 31.1. The molecule has 0 radical (unpaired) electrons. The molecule has 0 N–H and O–H groups in total.